The van der Waals surface area contributed by atoms with Gasteiger partial charge in [0.1, 0.15) is 17.7 Å². The van der Waals surface area contributed by atoms with Crippen molar-refractivity contribution in [3.63, 3.8) is 0 Å². The van der Waals surface area contributed by atoms with E-state index >= 15 is 0 Å². The molecule has 0 spiro atoms. The number of nitrogens with zero attached hydrogens (tertiary/aromatic N) is 1. The van der Waals surface area contributed by atoms with Gasteiger partial charge in [0, 0.05) is 12.6 Å². The van der Waals surface area contributed by atoms with Gasteiger partial charge in [-0.1, -0.05) is 69.7 Å². The average Bonchev–Trinajstić information content (AvgIpc) is 2.81. The number of rotatable bonds is 16. The molecule has 1 aromatic carbocycles. The monoisotopic (exact) mass is 560 g/mol. The van der Waals surface area contributed by atoms with E-state index in [-0.39, 0.29) is 18.5 Å². The predicted octanol–water partition coefficient (Wildman–Crippen LogP) is 5.22. The number of aryl methyl sites for hydroxylation is 2. The highest BCUT2D eigenvalue weighted by Gasteiger charge is 2.37. The number of alkyl carbamates (subject to hydrolysis) is 1. The molecule has 0 radical (unpaired) electrons. The number of amides is 4. The van der Waals surface area contributed by atoms with E-state index in [1.54, 1.807) is 20.8 Å². The van der Waals surface area contributed by atoms with Gasteiger partial charge >= 0.3 is 6.09 Å². The SMILES string of the molecule is CCCCCCCN(C(=O)C(CC(N)=O)NC(=O)OC(C)(C)C)C(C(=O)NC(C)CCC)c1ccc(C)cc1C. The predicted molar refractivity (Wildman–Crippen MR) is 159 cm³/mol. The van der Waals surface area contributed by atoms with E-state index in [1.807, 2.05) is 45.9 Å². The summed E-state index contributed by atoms with van der Waals surface area (Å²) in [5, 5.41) is 5.62. The molecule has 0 bridgehead atoms. The fourth-order valence-corrected chi connectivity index (χ4v) is 4.71. The van der Waals surface area contributed by atoms with Crippen LogP contribution in [0.3, 0.4) is 0 Å². The molecule has 9 nitrogen and oxygen atoms in total. The third kappa shape index (κ3) is 12.4. The second-order valence-corrected chi connectivity index (χ2v) is 11.8. The molecule has 9 heteroatoms. The van der Waals surface area contributed by atoms with Crippen LogP contribution in [0.2, 0.25) is 0 Å². The lowest BCUT2D eigenvalue weighted by Gasteiger charge is -2.35. The number of primary amides is 1. The van der Waals surface area contributed by atoms with Crippen molar-refractivity contribution in [2.24, 2.45) is 5.73 Å². The summed E-state index contributed by atoms with van der Waals surface area (Å²) in [4.78, 5) is 54.2. The third-order valence-electron chi connectivity index (χ3n) is 6.57. The van der Waals surface area contributed by atoms with Crippen molar-refractivity contribution < 1.29 is 23.9 Å². The molecule has 0 heterocycles. The highest BCUT2D eigenvalue weighted by Crippen LogP contribution is 2.28. The van der Waals surface area contributed by atoms with E-state index < -0.39 is 42.0 Å². The lowest BCUT2D eigenvalue weighted by Crippen LogP contribution is -2.54. The lowest BCUT2D eigenvalue weighted by molar-refractivity contribution is -0.143. The molecule has 4 N–H and O–H groups in total. The van der Waals surface area contributed by atoms with Crippen LogP contribution < -0.4 is 16.4 Å². The summed E-state index contributed by atoms with van der Waals surface area (Å²) in [6, 6.07) is 3.46. The molecule has 0 aliphatic rings. The number of hydrogen-bond acceptors (Lipinski definition) is 5. The summed E-state index contributed by atoms with van der Waals surface area (Å²) in [7, 11) is 0. The maximum Gasteiger partial charge on any atom is 0.408 e. The van der Waals surface area contributed by atoms with Gasteiger partial charge in [-0.2, -0.15) is 0 Å². The van der Waals surface area contributed by atoms with E-state index in [4.69, 9.17) is 10.5 Å². The Morgan fingerprint density at radius 1 is 0.975 bits per heavy atom. The number of hydrogen-bond donors (Lipinski definition) is 3. The van der Waals surface area contributed by atoms with E-state index in [0.717, 1.165) is 49.7 Å². The van der Waals surface area contributed by atoms with Crippen molar-refractivity contribution in [3.05, 3.63) is 34.9 Å². The molecule has 0 aliphatic heterocycles. The van der Waals surface area contributed by atoms with Crippen LogP contribution >= 0.6 is 0 Å². The number of ether oxygens (including phenoxy) is 1. The van der Waals surface area contributed by atoms with Crippen LogP contribution in [0.4, 0.5) is 4.79 Å². The second kappa shape index (κ2) is 16.9. The van der Waals surface area contributed by atoms with Gasteiger partial charge in [0.25, 0.3) is 0 Å². The molecule has 226 valence electrons. The molecule has 1 aromatic rings. The number of carbonyl (C=O) groups is 4. The molecule has 0 aromatic heterocycles. The molecule has 1 rings (SSSR count). The summed E-state index contributed by atoms with van der Waals surface area (Å²) in [6.07, 6.45) is 5.15. The van der Waals surface area contributed by atoms with Gasteiger partial charge in [0.2, 0.25) is 17.7 Å². The van der Waals surface area contributed by atoms with Gasteiger partial charge in [0.05, 0.1) is 6.42 Å². The second-order valence-electron chi connectivity index (χ2n) is 11.8. The maximum atomic E-state index is 14.2. The Balaban J connectivity index is 3.57. The van der Waals surface area contributed by atoms with Crippen LogP contribution in [0, 0.1) is 13.8 Å². The van der Waals surface area contributed by atoms with Gasteiger partial charge in [-0.15, -0.1) is 0 Å². The van der Waals surface area contributed by atoms with E-state index in [0.29, 0.717) is 12.0 Å². The molecule has 40 heavy (non-hydrogen) atoms. The number of unbranched alkanes of at least 4 members (excludes halogenated alkanes) is 4. The van der Waals surface area contributed by atoms with Gasteiger partial charge in [-0.05, 0) is 65.5 Å². The molecule has 4 amide bonds. The Bertz CT molecular complexity index is 988. The molecular weight excluding hydrogens is 508 g/mol. The minimum Gasteiger partial charge on any atom is -0.444 e. The Hall–Kier alpha value is -3.10. The zero-order valence-corrected chi connectivity index (χ0v) is 25.9. The first-order valence-corrected chi connectivity index (χ1v) is 14.7. The number of carbonyl (C=O) groups excluding carboxylic acids is 4. The number of nitrogens with one attached hydrogen (secondary N) is 2. The average molecular weight is 561 g/mol. The van der Waals surface area contributed by atoms with Crippen molar-refractivity contribution in [2.45, 2.75) is 130 Å². The third-order valence-corrected chi connectivity index (χ3v) is 6.57. The summed E-state index contributed by atoms with van der Waals surface area (Å²) >= 11 is 0. The summed E-state index contributed by atoms with van der Waals surface area (Å²) < 4.78 is 5.36. The first-order chi connectivity index (χ1) is 18.7. The summed E-state index contributed by atoms with van der Waals surface area (Å²) in [5.41, 5.74) is 7.30. The van der Waals surface area contributed by atoms with Crippen LogP contribution in [0.1, 0.15) is 116 Å². The normalized spacial score (nSPS) is 13.6. The highest BCUT2D eigenvalue weighted by molar-refractivity contribution is 5.94. The first kappa shape index (κ1) is 34.9. The molecule has 3 atom stereocenters. The molecule has 0 saturated heterocycles. The van der Waals surface area contributed by atoms with Crippen LogP contribution in [0.15, 0.2) is 18.2 Å². The quantitative estimate of drug-likeness (QED) is 0.239. The van der Waals surface area contributed by atoms with Gasteiger partial charge < -0.3 is 26.0 Å². The topological polar surface area (TPSA) is 131 Å². The fraction of sp³-hybridized carbons (Fsp3) is 0.677. The first-order valence-electron chi connectivity index (χ1n) is 14.7. The van der Waals surface area contributed by atoms with Gasteiger partial charge in [0.15, 0.2) is 0 Å². The lowest BCUT2D eigenvalue weighted by atomic mass is 9.95. The maximum absolute atomic E-state index is 14.2. The summed E-state index contributed by atoms with van der Waals surface area (Å²) in [6.45, 7) is 15.4. The highest BCUT2D eigenvalue weighted by atomic mass is 16.6. The smallest absolute Gasteiger partial charge is 0.408 e. The van der Waals surface area contributed by atoms with Crippen LogP contribution in [0.5, 0.6) is 0 Å². The van der Waals surface area contributed by atoms with Crippen molar-refractivity contribution >= 4 is 23.8 Å². The standard InChI is InChI=1S/C31H52N4O5/c1-9-11-12-13-14-18-35(29(38)25(20-26(32)36)34-30(39)40-31(6,7)8)27(28(37)33-23(5)15-10-2)24-17-16-21(3)19-22(24)4/h16-17,19,23,25,27H,9-15,18,20H2,1-8H3,(H2,32,36)(H,33,37)(H,34,39). The van der Waals surface area contributed by atoms with Crippen molar-refractivity contribution in [3.8, 4) is 0 Å². The zero-order chi connectivity index (χ0) is 30.5. The molecule has 0 saturated carbocycles. The zero-order valence-electron chi connectivity index (χ0n) is 25.9. The van der Waals surface area contributed by atoms with E-state index in [2.05, 4.69) is 17.6 Å². The Labute approximate surface area is 241 Å². The van der Waals surface area contributed by atoms with Crippen LogP contribution in [-0.2, 0) is 19.1 Å². The fourth-order valence-electron chi connectivity index (χ4n) is 4.71. The van der Waals surface area contributed by atoms with E-state index in [1.165, 1.54) is 4.90 Å². The van der Waals surface area contributed by atoms with Crippen molar-refractivity contribution in [1.29, 1.82) is 0 Å². The molecule has 3 unspecified atom stereocenters. The Morgan fingerprint density at radius 3 is 2.17 bits per heavy atom. The van der Waals surface area contributed by atoms with Crippen molar-refractivity contribution in [2.75, 3.05) is 6.54 Å². The van der Waals surface area contributed by atoms with Crippen molar-refractivity contribution in [1.82, 2.24) is 15.5 Å². The largest absolute Gasteiger partial charge is 0.444 e. The van der Waals surface area contributed by atoms with Gasteiger partial charge in [-0.25, -0.2) is 4.79 Å². The molecule has 0 aliphatic carbocycles. The summed E-state index contributed by atoms with van der Waals surface area (Å²) in [5.74, 6) is -1.60. The minimum absolute atomic E-state index is 0.0893. The van der Waals surface area contributed by atoms with Crippen LogP contribution in [-0.4, -0.2) is 52.9 Å². The Morgan fingerprint density at radius 2 is 1.62 bits per heavy atom. The minimum atomic E-state index is -1.28. The molecular formula is C31H52N4O5. The van der Waals surface area contributed by atoms with E-state index in [9.17, 15) is 19.2 Å². The number of benzene rings is 1. The van der Waals surface area contributed by atoms with Crippen LogP contribution in [0.25, 0.3) is 0 Å². The van der Waals surface area contributed by atoms with Gasteiger partial charge in [-0.3, -0.25) is 14.4 Å². The number of nitrogens with two attached hydrogens (primary N) is 1. The Kier molecular flexibility index (Phi) is 14.7. The molecule has 0 fully saturated rings.